The molecule has 0 saturated carbocycles. The van der Waals surface area contributed by atoms with Crippen LogP contribution < -0.4 is 4.74 Å². The first-order valence-electron chi connectivity index (χ1n) is 6.12. The van der Waals surface area contributed by atoms with Crippen LogP contribution in [0.1, 0.15) is 18.9 Å². The van der Waals surface area contributed by atoms with E-state index in [1.54, 1.807) is 0 Å². The first-order valence-corrected chi connectivity index (χ1v) is 6.12. The van der Waals surface area contributed by atoms with Crippen molar-refractivity contribution >= 4 is 0 Å². The normalized spacial score (nSPS) is 17.5. The number of hydrogen-bond acceptors (Lipinski definition) is 3. The van der Waals surface area contributed by atoms with E-state index in [1.807, 2.05) is 12.1 Å². The van der Waals surface area contributed by atoms with Gasteiger partial charge in [0.25, 0.3) is 0 Å². The standard InChI is InChI=1S/C14H20O3/c1-14(9-16-10-14)11-17-13-6-2-4-12(8-13)5-3-7-15/h2,4,6,8,15H,3,5,7,9-11H2,1H3. The lowest BCUT2D eigenvalue weighted by Gasteiger charge is -2.37. The number of hydrogen-bond donors (Lipinski definition) is 1. The maximum Gasteiger partial charge on any atom is 0.119 e. The molecule has 1 aromatic rings. The van der Waals surface area contributed by atoms with Crippen LogP contribution in [0.2, 0.25) is 0 Å². The maximum atomic E-state index is 8.80. The smallest absolute Gasteiger partial charge is 0.119 e. The molecule has 3 heteroatoms. The number of aliphatic hydroxyl groups is 1. The van der Waals surface area contributed by atoms with Gasteiger partial charge < -0.3 is 14.6 Å². The molecule has 1 heterocycles. The number of benzene rings is 1. The molecule has 2 rings (SSSR count). The van der Waals surface area contributed by atoms with Crippen LogP contribution >= 0.6 is 0 Å². The Bertz CT molecular complexity index is 358. The molecule has 1 aromatic carbocycles. The highest BCUT2D eigenvalue weighted by Gasteiger charge is 2.34. The molecule has 0 unspecified atom stereocenters. The summed E-state index contributed by atoms with van der Waals surface area (Å²) in [4.78, 5) is 0. The van der Waals surface area contributed by atoms with Crippen molar-refractivity contribution in [3.63, 3.8) is 0 Å². The molecule has 1 aliphatic rings. The van der Waals surface area contributed by atoms with E-state index in [1.165, 1.54) is 5.56 Å². The van der Waals surface area contributed by atoms with Crippen LogP contribution in [0.25, 0.3) is 0 Å². The monoisotopic (exact) mass is 236 g/mol. The lowest BCUT2D eigenvalue weighted by atomic mass is 9.90. The molecular weight excluding hydrogens is 216 g/mol. The molecule has 0 aliphatic carbocycles. The highest BCUT2D eigenvalue weighted by atomic mass is 16.5. The van der Waals surface area contributed by atoms with Crippen molar-refractivity contribution in [1.82, 2.24) is 0 Å². The fourth-order valence-corrected chi connectivity index (χ4v) is 1.87. The molecule has 0 amide bonds. The van der Waals surface area contributed by atoms with Crippen molar-refractivity contribution in [1.29, 1.82) is 0 Å². The molecule has 0 bridgehead atoms. The first-order chi connectivity index (χ1) is 8.22. The second-order valence-corrected chi connectivity index (χ2v) is 5.07. The quantitative estimate of drug-likeness (QED) is 0.821. The van der Waals surface area contributed by atoms with Crippen LogP contribution in [0.4, 0.5) is 0 Å². The van der Waals surface area contributed by atoms with E-state index >= 15 is 0 Å². The van der Waals surface area contributed by atoms with Crippen LogP contribution in [0, 0.1) is 5.41 Å². The highest BCUT2D eigenvalue weighted by molar-refractivity contribution is 5.28. The SMILES string of the molecule is CC1(COc2cccc(CCCO)c2)COC1. The molecule has 1 fully saturated rings. The van der Waals surface area contributed by atoms with Gasteiger partial charge in [-0.25, -0.2) is 0 Å². The van der Waals surface area contributed by atoms with Gasteiger partial charge in [0, 0.05) is 12.0 Å². The molecule has 17 heavy (non-hydrogen) atoms. The summed E-state index contributed by atoms with van der Waals surface area (Å²) >= 11 is 0. The van der Waals surface area contributed by atoms with Gasteiger partial charge in [-0.05, 0) is 30.5 Å². The van der Waals surface area contributed by atoms with Crippen LogP contribution in [-0.2, 0) is 11.2 Å². The van der Waals surface area contributed by atoms with E-state index in [9.17, 15) is 0 Å². The molecular formula is C14H20O3. The Morgan fingerprint density at radius 2 is 2.24 bits per heavy atom. The van der Waals surface area contributed by atoms with E-state index in [-0.39, 0.29) is 12.0 Å². The zero-order chi connectivity index (χ0) is 12.1. The third kappa shape index (κ3) is 3.45. The molecule has 0 atom stereocenters. The Morgan fingerprint density at radius 1 is 1.41 bits per heavy atom. The van der Waals surface area contributed by atoms with Gasteiger partial charge in [0.2, 0.25) is 0 Å². The number of aliphatic hydroxyl groups excluding tert-OH is 1. The average Bonchev–Trinajstić information content (AvgIpc) is 2.32. The second-order valence-electron chi connectivity index (χ2n) is 5.07. The molecule has 1 aliphatic heterocycles. The fourth-order valence-electron chi connectivity index (χ4n) is 1.87. The second kappa shape index (κ2) is 5.52. The summed E-state index contributed by atoms with van der Waals surface area (Å²) in [6, 6.07) is 8.10. The zero-order valence-corrected chi connectivity index (χ0v) is 10.3. The first kappa shape index (κ1) is 12.4. The minimum absolute atomic E-state index is 0.182. The molecule has 0 spiro atoms. The van der Waals surface area contributed by atoms with Crippen molar-refractivity contribution < 1.29 is 14.6 Å². The summed E-state index contributed by atoms with van der Waals surface area (Å²) in [5.74, 6) is 0.911. The third-order valence-electron chi connectivity index (χ3n) is 3.01. The van der Waals surface area contributed by atoms with Crippen LogP contribution in [0.5, 0.6) is 5.75 Å². The maximum absolute atomic E-state index is 8.80. The van der Waals surface area contributed by atoms with Gasteiger partial charge in [-0.1, -0.05) is 19.1 Å². The third-order valence-corrected chi connectivity index (χ3v) is 3.01. The summed E-state index contributed by atoms with van der Waals surface area (Å²) in [6.45, 7) is 4.69. The van der Waals surface area contributed by atoms with Gasteiger partial charge >= 0.3 is 0 Å². The molecule has 1 N–H and O–H groups in total. The topological polar surface area (TPSA) is 38.7 Å². The van der Waals surface area contributed by atoms with Gasteiger partial charge in [0.15, 0.2) is 0 Å². The van der Waals surface area contributed by atoms with Crippen molar-refractivity contribution in [2.45, 2.75) is 19.8 Å². The predicted molar refractivity (Wildman–Crippen MR) is 66.3 cm³/mol. The van der Waals surface area contributed by atoms with Gasteiger partial charge in [0.05, 0.1) is 19.8 Å². The molecule has 0 aromatic heterocycles. The van der Waals surface area contributed by atoms with Crippen LogP contribution in [-0.4, -0.2) is 31.5 Å². The van der Waals surface area contributed by atoms with Crippen LogP contribution in [0.15, 0.2) is 24.3 Å². The summed E-state index contributed by atoms with van der Waals surface area (Å²) in [5, 5.41) is 8.80. The van der Waals surface area contributed by atoms with E-state index in [4.69, 9.17) is 14.6 Å². The van der Waals surface area contributed by atoms with E-state index in [0.29, 0.717) is 6.61 Å². The lowest BCUT2D eigenvalue weighted by Crippen LogP contribution is -2.44. The Balaban J connectivity index is 1.87. The number of aryl methyl sites for hydroxylation is 1. The molecule has 3 nitrogen and oxygen atoms in total. The Labute approximate surface area is 102 Å². The van der Waals surface area contributed by atoms with Gasteiger partial charge in [-0.2, -0.15) is 0 Å². The largest absolute Gasteiger partial charge is 0.493 e. The lowest BCUT2D eigenvalue weighted by molar-refractivity contribution is -0.120. The van der Waals surface area contributed by atoms with E-state index in [0.717, 1.165) is 31.8 Å². The summed E-state index contributed by atoms with van der Waals surface area (Å²) in [6.07, 6.45) is 1.70. The van der Waals surface area contributed by atoms with E-state index in [2.05, 4.69) is 19.1 Å². The predicted octanol–water partition coefficient (Wildman–Crippen LogP) is 2.03. The number of rotatable bonds is 6. The van der Waals surface area contributed by atoms with Crippen molar-refractivity contribution in [3.8, 4) is 5.75 Å². The average molecular weight is 236 g/mol. The summed E-state index contributed by atoms with van der Waals surface area (Å²) in [5.41, 5.74) is 1.40. The molecule has 0 radical (unpaired) electrons. The van der Waals surface area contributed by atoms with Gasteiger partial charge in [-0.15, -0.1) is 0 Å². The van der Waals surface area contributed by atoms with Gasteiger partial charge in [0.1, 0.15) is 5.75 Å². The van der Waals surface area contributed by atoms with E-state index < -0.39 is 0 Å². The summed E-state index contributed by atoms with van der Waals surface area (Å²) < 4.78 is 11.0. The fraction of sp³-hybridized carbons (Fsp3) is 0.571. The molecule has 94 valence electrons. The Morgan fingerprint density at radius 3 is 2.88 bits per heavy atom. The number of ether oxygens (including phenoxy) is 2. The molecule has 1 saturated heterocycles. The highest BCUT2D eigenvalue weighted by Crippen LogP contribution is 2.27. The van der Waals surface area contributed by atoms with Crippen molar-refractivity contribution in [2.24, 2.45) is 5.41 Å². The van der Waals surface area contributed by atoms with Crippen molar-refractivity contribution in [3.05, 3.63) is 29.8 Å². The minimum atomic E-state index is 0.182. The zero-order valence-electron chi connectivity index (χ0n) is 10.3. The Hall–Kier alpha value is -1.06. The minimum Gasteiger partial charge on any atom is -0.493 e. The Kier molecular flexibility index (Phi) is 4.02. The summed E-state index contributed by atoms with van der Waals surface area (Å²) in [7, 11) is 0. The van der Waals surface area contributed by atoms with Crippen LogP contribution in [0.3, 0.4) is 0 Å². The van der Waals surface area contributed by atoms with Gasteiger partial charge in [-0.3, -0.25) is 0 Å². The van der Waals surface area contributed by atoms with Crippen molar-refractivity contribution in [2.75, 3.05) is 26.4 Å².